The molecule has 1 aliphatic rings. The molecule has 1 aliphatic heterocycles. The zero-order chi connectivity index (χ0) is 17.0. The van der Waals surface area contributed by atoms with E-state index in [4.69, 9.17) is 9.47 Å². The molecule has 0 radical (unpaired) electrons. The summed E-state index contributed by atoms with van der Waals surface area (Å²) < 4.78 is 11.7. The first-order valence-corrected chi connectivity index (χ1v) is 9.26. The first-order valence-electron chi connectivity index (χ1n) is 8.14. The van der Waals surface area contributed by atoms with Gasteiger partial charge in [-0.25, -0.2) is 4.79 Å². The lowest BCUT2D eigenvalue weighted by atomic mass is 9.92. The van der Waals surface area contributed by atoms with Crippen molar-refractivity contribution >= 4 is 22.0 Å². The monoisotopic (exact) mass is 377 g/mol. The highest BCUT2D eigenvalue weighted by molar-refractivity contribution is 9.09. The number of piperidine rings is 1. The minimum Gasteiger partial charge on any atom is -0.444 e. The third-order valence-corrected chi connectivity index (χ3v) is 4.72. The first-order chi connectivity index (χ1) is 9.96. The molecule has 0 aromatic heterocycles. The van der Waals surface area contributed by atoms with Crippen molar-refractivity contribution in [2.75, 3.05) is 25.0 Å². The van der Waals surface area contributed by atoms with Gasteiger partial charge in [-0.15, -0.1) is 0 Å². The molecular formula is C17H32BrNO3. The highest BCUT2D eigenvalue weighted by Gasteiger charge is 2.38. The summed E-state index contributed by atoms with van der Waals surface area (Å²) in [4.78, 5) is 14.1. The normalized spacial score (nSPS) is 23.5. The number of hydrogen-bond donors (Lipinski definition) is 0. The number of amides is 1. The number of hydrogen-bond acceptors (Lipinski definition) is 3. The van der Waals surface area contributed by atoms with Gasteiger partial charge >= 0.3 is 6.09 Å². The van der Waals surface area contributed by atoms with Gasteiger partial charge < -0.3 is 14.4 Å². The van der Waals surface area contributed by atoms with E-state index in [2.05, 4.69) is 36.7 Å². The lowest BCUT2D eigenvalue weighted by molar-refractivity contribution is -0.0813. The summed E-state index contributed by atoms with van der Waals surface area (Å²) >= 11 is 3.58. The van der Waals surface area contributed by atoms with Crippen molar-refractivity contribution in [3.8, 4) is 0 Å². The van der Waals surface area contributed by atoms with Gasteiger partial charge in [-0.1, -0.05) is 36.7 Å². The van der Waals surface area contributed by atoms with Crippen molar-refractivity contribution in [1.82, 2.24) is 4.90 Å². The van der Waals surface area contributed by atoms with Gasteiger partial charge in [0, 0.05) is 18.5 Å². The Morgan fingerprint density at radius 3 is 2.36 bits per heavy atom. The van der Waals surface area contributed by atoms with E-state index in [-0.39, 0.29) is 17.1 Å². The van der Waals surface area contributed by atoms with Gasteiger partial charge in [-0.05, 0) is 45.4 Å². The molecule has 1 heterocycles. The molecule has 1 atom stereocenters. The summed E-state index contributed by atoms with van der Waals surface area (Å²) in [5.74, 6) is 0. The molecule has 5 heteroatoms. The van der Waals surface area contributed by atoms with Crippen molar-refractivity contribution in [1.29, 1.82) is 0 Å². The van der Waals surface area contributed by atoms with Crippen molar-refractivity contribution in [2.45, 2.75) is 72.0 Å². The predicted octanol–water partition coefficient (Wildman–Crippen LogP) is 4.60. The lowest BCUT2D eigenvalue weighted by Gasteiger charge is -2.42. The van der Waals surface area contributed by atoms with Crippen molar-refractivity contribution in [2.24, 2.45) is 5.41 Å². The second-order valence-electron chi connectivity index (χ2n) is 8.48. The van der Waals surface area contributed by atoms with Gasteiger partial charge in [0.1, 0.15) is 5.60 Å². The maximum absolute atomic E-state index is 12.3. The molecule has 1 amide bonds. The van der Waals surface area contributed by atoms with Crippen LogP contribution in [0.5, 0.6) is 0 Å². The van der Waals surface area contributed by atoms with Crippen molar-refractivity contribution < 1.29 is 14.3 Å². The highest BCUT2D eigenvalue weighted by Crippen LogP contribution is 2.30. The minimum absolute atomic E-state index is 0.239. The zero-order valence-corrected chi connectivity index (χ0v) is 16.6. The van der Waals surface area contributed by atoms with Crippen LogP contribution in [0.4, 0.5) is 4.79 Å². The molecule has 1 rings (SSSR count). The molecule has 1 fully saturated rings. The Kier molecular flexibility index (Phi) is 6.75. The maximum atomic E-state index is 12.3. The van der Waals surface area contributed by atoms with E-state index in [9.17, 15) is 4.79 Å². The smallest absolute Gasteiger partial charge is 0.410 e. The Morgan fingerprint density at radius 2 is 1.86 bits per heavy atom. The summed E-state index contributed by atoms with van der Waals surface area (Å²) in [6, 6.07) is 0. The van der Waals surface area contributed by atoms with Crippen LogP contribution in [0.3, 0.4) is 0 Å². The summed E-state index contributed by atoms with van der Waals surface area (Å²) in [5, 5.41) is 0.740. The first kappa shape index (κ1) is 19.8. The van der Waals surface area contributed by atoms with Crippen LogP contribution in [0.2, 0.25) is 0 Å². The van der Waals surface area contributed by atoms with Gasteiger partial charge in [0.05, 0.1) is 12.1 Å². The van der Waals surface area contributed by atoms with Gasteiger partial charge in [0.15, 0.2) is 0 Å². The number of carbonyl (C=O) groups excluding carboxylic acids is 1. The third-order valence-electron chi connectivity index (χ3n) is 3.69. The van der Waals surface area contributed by atoms with Gasteiger partial charge in [0.2, 0.25) is 0 Å². The lowest BCUT2D eigenvalue weighted by Crippen LogP contribution is -2.54. The molecule has 130 valence electrons. The fourth-order valence-corrected chi connectivity index (χ4v) is 3.04. The number of rotatable bonds is 4. The summed E-state index contributed by atoms with van der Waals surface area (Å²) in [6.45, 7) is 14.4. The maximum Gasteiger partial charge on any atom is 0.410 e. The van der Waals surface area contributed by atoms with Crippen LogP contribution < -0.4 is 0 Å². The third kappa shape index (κ3) is 6.86. The minimum atomic E-state index is -0.460. The quantitative estimate of drug-likeness (QED) is 0.671. The van der Waals surface area contributed by atoms with Crippen LogP contribution in [0.1, 0.15) is 60.8 Å². The number of ether oxygens (including phenoxy) is 2. The van der Waals surface area contributed by atoms with Gasteiger partial charge in [-0.3, -0.25) is 0 Å². The molecule has 4 nitrogen and oxygen atoms in total. The summed E-state index contributed by atoms with van der Waals surface area (Å²) in [6.07, 6.45) is 2.69. The molecule has 1 saturated heterocycles. The summed E-state index contributed by atoms with van der Waals surface area (Å²) in [7, 11) is 0. The summed E-state index contributed by atoms with van der Waals surface area (Å²) in [5.41, 5.74) is -0.494. The van der Waals surface area contributed by atoms with E-state index in [0.29, 0.717) is 6.54 Å². The van der Waals surface area contributed by atoms with Crippen LogP contribution in [0, 0.1) is 5.41 Å². The van der Waals surface area contributed by atoms with E-state index < -0.39 is 5.60 Å². The second-order valence-corrected chi connectivity index (χ2v) is 9.04. The number of alkyl halides is 1. The molecule has 0 N–H and O–H groups in total. The Labute approximate surface area is 144 Å². The van der Waals surface area contributed by atoms with Crippen LogP contribution >= 0.6 is 15.9 Å². The Morgan fingerprint density at radius 1 is 1.23 bits per heavy atom. The van der Waals surface area contributed by atoms with E-state index in [1.807, 2.05) is 20.8 Å². The number of halogens is 1. The van der Waals surface area contributed by atoms with Crippen LogP contribution in [-0.4, -0.2) is 47.2 Å². The van der Waals surface area contributed by atoms with Gasteiger partial charge in [-0.2, -0.15) is 0 Å². The van der Waals surface area contributed by atoms with Crippen molar-refractivity contribution in [3.05, 3.63) is 0 Å². The molecule has 22 heavy (non-hydrogen) atoms. The SMILES string of the molecule is CC(C)(C)CCOC1(CBr)CCCN(C(=O)OC(C)(C)C)C1. The fraction of sp³-hybridized carbons (Fsp3) is 0.941. The van der Waals surface area contributed by atoms with Gasteiger partial charge in [0.25, 0.3) is 0 Å². The van der Waals surface area contributed by atoms with E-state index >= 15 is 0 Å². The van der Waals surface area contributed by atoms with Crippen LogP contribution in [0.25, 0.3) is 0 Å². The molecule has 0 saturated carbocycles. The zero-order valence-electron chi connectivity index (χ0n) is 15.0. The van der Waals surface area contributed by atoms with Crippen molar-refractivity contribution in [3.63, 3.8) is 0 Å². The number of carbonyl (C=O) groups is 1. The van der Waals surface area contributed by atoms with E-state index in [0.717, 1.165) is 37.7 Å². The number of nitrogens with zero attached hydrogens (tertiary/aromatic N) is 1. The molecule has 0 bridgehead atoms. The molecule has 1 unspecified atom stereocenters. The van der Waals surface area contributed by atoms with Crippen LogP contribution in [-0.2, 0) is 9.47 Å². The van der Waals surface area contributed by atoms with Crippen LogP contribution in [0.15, 0.2) is 0 Å². The fourth-order valence-electron chi connectivity index (χ4n) is 2.42. The Hall–Kier alpha value is -0.290. The standard InChI is InChI=1S/C17H32BrNO3/c1-15(2,3)9-11-21-17(12-18)8-7-10-19(13-17)14(20)22-16(4,5)6/h7-13H2,1-6H3. The molecular weight excluding hydrogens is 346 g/mol. The Balaban J connectivity index is 2.62. The average Bonchev–Trinajstić information content (AvgIpc) is 2.35. The Bertz CT molecular complexity index is 373. The average molecular weight is 378 g/mol. The topological polar surface area (TPSA) is 38.8 Å². The largest absolute Gasteiger partial charge is 0.444 e. The number of likely N-dealkylation sites (tertiary alicyclic amines) is 1. The highest BCUT2D eigenvalue weighted by atomic mass is 79.9. The molecule has 0 aromatic rings. The van der Waals surface area contributed by atoms with E-state index in [1.54, 1.807) is 4.90 Å². The van der Waals surface area contributed by atoms with E-state index in [1.165, 1.54) is 0 Å². The molecule has 0 spiro atoms. The second kappa shape index (κ2) is 7.52. The molecule has 0 aromatic carbocycles. The molecule has 0 aliphatic carbocycles. The predicted molar refractivity (Wildman–Crippen MR) is 93.6 cm³/mol.